The lowest BCUT2D eigenvalue weighted by Gasteiger charge is -2.22. The van der Waals surface area contributed by atoms with E-state index in [0.717, 1.165) is 12.8 Å². The summed E-state index contributed by atoms with van der Waals surface area (Å²) in [6.45, 7) is 6.45. The van der Waals surface area contributed by atoms with E-state index in [1.165, 1.54) is 0 Å². The van der Waals surface area contributed by atoms with Crippen molar-refractivity contribution in [2.24, 2.45) is 0 Å². The number of benzene rings is 1. The lowest BCUT2D eigenvalue weighted by molar-refractivity contribution is 0.0526. The Bertz CT molecular complexity index is 554. The molecule has 1 atom stereocenters. The molecule has 0 aliphatic carbocycles. The number of methoxy groups -OCH3 is 1. The molecule has 0 saturated heterocycles. The van der Waals surface area contributed by atoms with Crippen LogP contribution in [-0.4, -0.2) is 38.0 Å². The first-order valence-electron chi connectivity index (χ1n) is 7.99. The van der Waals surface area contributed by atoms with Crippen molar-refractivity contribution >= 4 is 46.6 Å². The Morgan fingerprint density at radius 3 is 2.32 bits per heavy atom. The number of amides is 1. The number of alkyl carbamates (subject to hydrolysis) is 1. The van der Waals surface area contributed by atoms with Crippen LogP contribution < -0.4 is 10.6 Å². The monoisotopic (exact) mass is 410 g/mol. The number of carbonyl (C=O) groups is 1. The highest BCUT2D eigenvalue weighted by Crippen LogP contribution is 2.34. The highest BCUT2D eigenvalue weighted by Gasteiger charge is 2.17. The second-order valence-electron chi connectivity index (χ2n) is 6.61. The Morgan fingerprint density at radius 2 is 1.80 bits per heavy atom. The van der Waals surface area contributed by atoms with Crippen LogP contribution in [0.4, 0.5) is 10.5 Å². The zero-order chi connectivity index (χ0) is 19.0. The number of hydrogen-bond donors (Lipinski definition) is 2. The molecule has 1 rings (SSSR count). The average Bonchev–Trinajstić information content (AvgIpc) is 2.45. The molecule has 2 N–H and O–H groups in total. The fourth-order valence-electron chi connectivity index (χ4n) is 2.14. The van der Waals surface area contributed by atoms with E-state index in [4.69, 9.17) is 44.3 Å². The van der Waals surface area contributed by atoms with Gasteiger partial charge in [-0.25, -0.2) is 4.79 Å². The first-order chi connectivity index (χ1) is 11.6. The van der Waals surface area contributed by atoms with E-state index in [2.05, 4.69) is 10.6 Å². The van der Waals surface area contributed by atoms with Crippen molar-refractivity contribution in [2.75, 3.05) is 25.6 Å². The highest BCUT2D eigenvalue weighted by atomic mass is 35.5. The van der Waals surface area contributed by atoms with Crippen LogP contribution in [0.1, 0.15) is 33.6 Å². The summed E-state index contributed by atoms with van der Waals surface area (Å²) in [5.74, 6) is 0. The minimum Gasteiger partial charge on any atom is -0.444 e. The summed E-state index contributed by atoms with van der Waals surface area (Å²) in [5.41, 5.74) is 0.113. The van der Waals surface area contributed by atoms with E-state index >= 15 is 0 Å². The third-order valence-corrected chi connectivity index (χ3v) is 3.94. The molecule has 0 aliphatic heterocycles. The number of hydrogen-bond acceptors (Lipinski definition) is 4. The van der Waals surface area contributed by atoms with Crippen LogP contribution in [0.2, 0.25) is 15.1 Å². The van der Waals surface area contributed by atoms with Crippen molar-refractivity contribution < 1.29 is 14.3 Å². The van der Waals surface area contributed by atoms with Gasteiger partial charge in [-0.15, -0.1) is 0 Å². The third kappa shape index (κ3) is 8.86. The quantitative estimate of drug-likeness (QED) is 0.564. The molecule has 0 saturated carbocycles. The summed E-state index contributed by atoms with van der Waals surface area (Å²) in [4.78, 5) is 11.6. The molecule has 0 aromatic heterocycles. The summed E-state index contributed by atoms with van der Waals surface area (Å²) in [5, 5.41) is 7.39. The van der Waals surface area contributed by atoms with Crippen LogP contribution in [0.3, 0.4) is 0 Å². The summed E-state index contributed by atoms with van der Waals surface area (Å²) >= 11 is 18.3. The summed E-state index contributed by atoms with van der Waals surface area (Å²) in [7, 11) is 1.62. The first kappa shape index (κ1) is 22.2. The van der Waals surface area contributed by atoms with Gasteiger partial charge in [0.25, 0.3) is 0 Å². The topological polar surface area (TPSA) is 59.6 Å². The van der Waals surface area contributed by atoms with Crippen molar-refractivity contribution in [1.82, 2.24) is 5.32 Å². The van der Waals surface area contributed by atoms with Crippen LogP contribution in [0.25, 0.3) is 0 Å². The van der Waals surface area contributed by atoms with Gasteiger partial charge >= 0.3 is 6.09 Å². The molecule has 0 spiro atoms. The largest absolute Gasteiger partial charge is 0.444 e. The van der Waals surface area contributed by atoms with Gasteiger partial charge in [0.05, 0.1) is 22.3 Å². The maximum Gasteiger partial charge on any atom is 0.407 e. The molecule has 1 aromatic carbocycles. The van der Waals surface area contributed by atoms with Crippen molar-refractivity contribution in [1.29, 1.82) is 0 Å². The van der Waals surface area contributed by atoms with E-state index in [1.807, 2.05) is 20.8 Å². The molecule has 0 radical (unpaired) electrons. The van der Waals surface area contributed by atoms with Gasteiger partial charge in [0.2, 0.25) is 0 Å². The van der Waals surface area contributed by atoms with Crippen LogP contribution in [0.5, 0.6) is 0 Å². The van der Waals surface area contributed by atoms with Gasteiger partial charge in [0.15, 0.2) is 0 Å². The molecule has 1 unspecified atom stereocenters. The zero-order valence-corrected chi connectivity index (χ0v) is 17.2. The number of rotatable bonds is 8. The number of anilines is 1. The molecule has 0 bridgehead atoms. The molecule has 5 nitrogen and oxygen atoms in total. The Labute approximate surface area is 164 Å². The van der Waals surface area contributed by atoms with E-state index in [9.17, 15) is 4.79 Å². The molecule has 0 fully saturated rings. The number of halogens is 3. The summed E-state index contributed by atoms with van der Waals surface area (Å²) in [6.07, 6.45) is 1.06. The van der Waals surface area contributed by atoms with Crippen molar-refractivity contribution in [3.8, 4) is 0 Å². The molecule has 0 aliphatic rings. The maximum absolute atomic E-state index is 11.6. The first-order valence-corrected chi connectivity index (χ1v) is 9.12. The van der Waals surface area contributed by atoms with Crippen LogP contribution in [-0.2, 0) is 9.47 Å². The number of ether oxygens (including phenoxy) is 2. The van der Waals surface area contributed by atoms with E-state index in [0.29, 0.717) is 33.9 Å². The third-order valence-electron chi connectivity index (χ3n) is 3.12. The van der Waals surface area contributed by atoms with Crippen LogP contribution in [0, 0.1) is 0 Å². The molecule has 142 valence electrons. The molecule has 8 heteroatoms. The predicted octanol–water partition coefficient (Wildman–Crippen LogP) is 5.38. The highest BCUT2D eigenvalue weighted by molar-refractivity contribution is 6.41. The van der Waals surface area contributed by atoms with Crippen molar-refractivity contribution in [2.45, 2.75) is 45.3 Å². The van der Waals surface area contributed by atoms with Crippen LogP contribution in [0.15, 0.2) is 12.1 Å². The van der Waals surface area contributed by atoms with Gasteiger partial charge < -0.3 is 20.1 Å². The number of nitrogens with one attached hydrogen (secondary N) is 2. The second kappa shape index (κ2) is 10.3. The minimum atomic E-state index is -0.508. The average molecular weight is 412 g/mol. The van der Waals surface area contributed by atoms with Crippen molar-refractivity contribution in [3.05, 3.63) is 27.2 Å². The fourth-order valence-corrected chi connectivity index (χ4v) is 3.06. The number of carbonyl (C=O) groups excluding carboxylic acids is 1. The van der Waals surface area contributed by atoms with Gasteiger partial charge in [-0.3, -0.25) is 0 Å². The maximum atomic E-state index is 11.6. The lowest BCUT2D eigenvalue weighted by atomic mass is 10.1. The molecule has 25 heavy (non-hydrogen) atoms. The van der Waals surface area contributed by atoms with Gasteiger partial charge in [0.1, 0.15) is 5.60 Å². The SMILES string of the molecule is COCC(CCCNC(=O)OC(C)(C)C)Nc1c(Cl)cc(Cl)cc1Cl. The fraction of sp³-hybridized carbons (Fsp3) is 0.588. The van der Waals surface area contributed by atoms with E-state index in [-0.39, 0.29) is 6.04 Å². The standard InChI is InChI=1S/C17H25Cl3N2O3/c1-17(2,3)25-16(23)21-7-5-6-12(10-24-4)22-15-13(19)8-11(18)9-14(15)20/h8-9,12,22H,5-7,10H2,1-4H3,(H,21,23). The molecule has 0 heterocycles. The summed E-state index contributed by atoms with van der Waals surface area (Å²) in [6, 6.07) is 3.25. The van der Waals surface area contributed by atoms with Gasteiger partial charge in [0, 0.05) is 24.7 Å². The summed E-state index contributed by atoms with van der Waals surface area (Å²) < 4.78 is 10.4. The molecular weight excluding hydrogens is 387 g/mol. The lowest BCUT2D eigenvalue weighted by Crippen LogP contribution is -2.34. The minimum absolute atomic E-state index is 0.0124. The molecule has 1 aromatic rings. The Kier molecular flexibility index (Phi) is 9.14. The molecular formula is C17H25Cl3N2O3. The van der Waals surface area contributed by atoms with Gasteiger partial charge in [-0.1, -0.05) is 34.8 Å². The predicted molar refractivity (Wildman–Crippen MR) is 104 cm³/mol. The van der Waals surface area contributed by atoms with E-state index < -0.39 is 11.7 Å². The zero-order valence-electron chi connectivity index (χ0n) is 14.9. The normalized spacial score (nSPS) is 12.6. The Balaban J connectivity index is 2.52. The smallest absolute Gasteiger partial charge is 0.407 e. The van der Waals surface area contributed by atoms with Crippen molar-refractivity contribution in [3.63, 3.8) is 0 Å². The van der Waals surface area contributed by atoms with Gasteiger partial charge in [-0.05, 0) is 45.7 Å². The second-order valence-corrected chi connectivity index (χ2v) is 7.86. The molecule has 1 amide bonds. The van der Waals surface area contributed by atoms with E-state index in [1.54, 1.807) is 19.2 Å². The Hall–Kier alpha value is -0.880. The van der Waals surface area contributed by atoms with Gasteiger partial charge in [-0.2, -0.15) is 0 Å². The van der Waals surface area contributed by atoms with Crippen LogP contribution >= 0.6 is 34.8 Å². The Morgan fingerprint density at radius 1 is 1.20 bits per heavy atom.